The fourth-order valence-corrected chi connectivity index (χ4v) is 6.16. The molecular formula is C36H40N6O2. The minimum atomic E-state index is -0.488. The Morgan fingerprint density at radius 1 is 0.886 bits per heavy atom. The standard InChI is InChI=1S/C35H36N6O2.CH4/c36-19-24-7-11-26(12-8-24)33(42)18-29(35(43)40-30-15-13-27(14-16-30)34-38-22-39-41-34)17-23-5-9-25(10-6-23)32-21-37-20-28-3-1-2-4-31(28)32;/h1-6,9-10,13-16,20-21,24,26,29H,7-8,11-12,17-19,22,36H2,(H,40,43);1H4/t24?,26?,29-;/m1./s1. The Morgan fingerprint density at radius 3 is 2.32 bits per heavy atom. The summed E-state index contributed by atoms with van der Waals surface area (Å²) in [7, 11) is 0. The minimum Gasteiger partial charge on any atom is -0.330 e. The molecule has 1 atom stereocenters. The number of ketones is 1. The third-order valence-electron chi connectivity index (χ3n) is 8.73. The van der Waals surface area contributed by atoms with E-state index in [0.29, 0.717) is 37.1 Å². The first-order valence-electron chi connectivity index (χ1n) is 15.1. The molecule has 226 valence electrons. The number of hydrogen-bond acceptors (Lipinski definition) is 7. The van der Waals surface area contributed by atoms with Crippen molar-refractivity contribution in [3.63, 3.8) is 0 Å². The molecule has 0 bridgehead atoms. The van der Waals surface area contributed by atoms with Gasteiger partial charge in [0.2, 0.25) is 5.91 Å². The summed E-state index contributed by atoms with van der Waals surface area (Å²) in [5, 5.41) is 13.2. The van der Waals surface area contributed by atoms with Crippen molar-refractivity contribution < 1.29 is 9.59 Å². The number of azo groups is 1. The van der Waals surface area contributed by atoms with Gasteiger partial charge in [-0.05, 0) is 85.3 Å². The van der Waals surface area contributed by atoms with Crippen molar-refractivity contribution >= 4 is 34.0 Å². The largest absolute Gasteiger partial charge is 0.330 e. The van der Waals surface area contributed by atoms with Gasteiger partial charge in [0.15, 0.2) is 12.5 Å². The molecule has 0 saturated heterocycles. The summed E-state index contributed by atoms with van der Waals surface area (Å²) in [5.41, 5.74) is 10.5. The number of pyridine rings is 1. The number of amidine groups is 1. The fraction of sp³-hybridized carbons (Fsp3) is 0.333. The maximum absolute atomic E-state index is 13.7. The molecule has 1 aliphatic carbocycles. The zero-order chi connectivity index (χ0) is 29.6. The van der Waals surface area contributed by atoms with Crippen molar-refractivity contribution in [2.45, 2.75) is 46.0 Å². The van der Waals surface area contributed by atoms with Gasteiger partial charge in [0, 0.05) is 52.9 Å². The van der Waals surface area contributed by atoms with E-state index in [0.717, 1.165) is 58.7 Å². The molecule has 1 amide bonds. The average Bonchev–Trinajstić information content (AvgIpc) is 3.60. The van der Waals surface area contributed by atoms with Crippen LogP contribution in [0, 0.1) is 17.8 Å². The molecule has 1 saturated carbocycles. The van der Waals surface area contributed by atoms with Crippen LogP contribution in [0.5, 0.6) is 0 Å². The van der Waals surface area contributed by atoms with Crippen LogP contribution in [0.25, 0.3) is 21.9 Å². The van der Waals surface area contributed by atoms with Gasteiger partial charge in [-0.2, -0.15) is 5.11 Å². The third kappa shape index (κ3) is 7.14. The summed E-state index contributed by atoms with van der Waals surface area (Å²) in [6, 6.07) is 23.9. The van der Waals surface area contributed by atoms with Gasteiger partial charge in [-0.25, -0.2) is 4.99 Å². The molecule has 1 aliphatic heterocycles. The van der Waals surface area contributed by atoms with E-state index < -0.39 is 5.92 Å². The number of nitrogens with zero attached hydrogens (tertiary/aromatic N) is 4. The van der Waals surface area contributed by atoms with E-state index in [4.69, 9.17) is 5.73 Å². The summed E-state index contributed by atoms with van der Waals surface area (Å²) in [6.07, 6.45) is 8.11. The first kappa shape index (κ1) is 30.9. The monoisotopic (exact) mass is 588 g/mol. The van der Waals surface area contributed by atoms with E-state index in [2.05, 4.69) is 61.9 Å². The molecule has 3 N–H and O–H groups in total. The number of hydrogen-bond donors (Lipinski definition) is 2. The Bertz CT molecular complexity index is 1650. The Kier molecular flexibility index (Phi) is 10.0. The summed E-state index contributed by atoms with van der Waals surface area (Å²) in [5.74, 6) is 0.620. The second-order valence-electron chi connectivity index (χ2n) is 11.6. The molecule has 2 heterocycles. The van der Waals surface area contributed by atoms with Crippen molar-refractivity contribution in [2.75, 3.05) is 18.5 Å². The Balaban J connectivity index is 0.00000384. The number of nitrogens with one attached hydrogen (secondary N) is 1. The molecule has 3 aromatic carbocycles. The molecule has 8 heteroatoms. The van der Waals surface area contributed by atoms with Gasteiger partial charge in [-0.3, -0.25) is 14.6 Å². The van der Waals surface area contributed by atoms with Gasteiger partial charge in [0.25, 0.3) is 0 Å². The first-order valence-corrected chi connectivity index (χ1v) is 15.1. The van der Waals surface area contributed by atoms with Gasteiger partial charge in [0.05, 0.1) is 0 Å². The van der Waals surface area contributed by atoms with Crippen LogP contribution in [0.3, 0.4) is 0 Å². The van der Waals surface area contributed by atoms with Gasteiger partial charge in [-0.1, -0.05) is 56.0 Å². The highest BCUT2D eigenvalue weighted by Crippen LogP contribution is 2.32. The number of rotatable bonds is 10. The number of Topliss-reactive ketones (excluding diaryl/α,β-unsaturated/α-hetero) is 1. The highest BCUT2D eigenvalue weighted by molar-refractivity contribution is 6.01. The minimum absolute atomic E-state index is 0. The summed E-state index contributed by atoms with van der Waals surface area (Å²) >= 11 is 0. The Hall–Kier alpha value is -4.56. The van der Waals surface area contributed by atoms with Gasteiger partial charge >= 0.3 is 0 Å². The first-order chi connectivity index (χ1) is 21.1. The Morgan fingerprint density at radius 2 is 1.61 bits per heavy atom. The summed E-state index contributed by atoms with van der Waals surface area (Å²) < 4.78 is 0. The molecule has 0 unspecified atom stereocenters. The molecule has 2 aliphatic rings. The van der Waals surface area contributed by atoms with Crippen LogP contribution in [0.15, 0.2) is 100 Å². The predicted molar refractivity (Wildman–Crippen MR) is 177 cm³/mol. The fourth-order valence-electron chi connectivity index (χ4n) is 6.16. The molecule has 1 aromatic heterocycles. The van der Waals surface area contributed by atoms with E-state index in [-0.39, 0.29) is 31.5 Å². The highest BCUT2D eigenvalue weighted by atomic mass is 16.2. The molecule has 6 rings (SSSR count). The van der Waals surface area contributed by atoms with Crippen LogP contribution in [0.2, 0.25) is 0 Å². The highest BCUT2D eigenvalue weighted by Gasteiger charge is 2.30. The van der Waals surface area contributed by atoms with Crippen LogP contribution in [-0.4, -0.2) is 35.7 Å². The lowest BCUT2D eigenvalue weighted by molar-refractivity contribution is -0.129. The quantitative estimate of drug-likeness (QED) is 0.203. The van der Waals surface area contributed by atoms with E-state index in [1.807, 2.05) is 48.8 Å². The number of aliphatic imine (C=N–C) groups is 1. The van der Waals surface area contributed by atoms with Crippen molar-refractivity contribution in [3.05, 3.63) is 96.3 Å². The maximum atomic E-state index is 13.7. The third-order valence-corrected chi connectivity index (χ3v) is 8.73. The normalized spacial score (nSPS) is 18.3. The molecular weight excluding hydrogens is 548 g/mol. The Labute approximate surface area is 258 Å². The smallest absolute Gasteiger partial charge is 0.228 e. The van der Waals surface area contributed by atoms with Crippen LogP contribution in [0.4, 0.5) is 5.69 Å². The average molecular weight is 589 g/mol. The summed E-state index contributed by atoms with van der Waals surface area (Å²) in [6.45, 7) is 1.02. The van der Waals surface area contributed by atoms with E-state index in [1.165, 1.54) is 0 Å². The number of amides is 1. The van der Waals surface area contributed by atoms with E-state index in [1.54, 1.807) is 0 Å². The number of anilines is 1. The van der Waals surface area contributed by atoms with Crippen molar-refractivity contribution in [2.24, 2.45) is 38.7 Å². The maximum Gasteiger partial charge on any atom is 0.228 e. The van der Waals surface area contributed by atoms with Gasteiger partial charge in [0.1, 0.15) is 5.78 Å². The number of carbonyl (C=O) groups excluding carboxylic acids is 2. The number of aromatic nitrogens is 1. The second-order valence-corrected chi connectivity index (χ2v) is 11.6. The number of fused-ring (bicyclic) bond motifs is 1. The predicted octanol–water partition coefficient (Wildman–Crippen LogP) is 7.23. The SMILES string of the molecule is C.NCC1CCC(C(=O)C[C@@H](Cc2ccc(-c3cncc4ccccc34)cc2)C(=O)Nc2ccc(C3=NCN=N3)cc2)CC1. The van der Waals surface area contributed by atoms with E-state index in [9.17, 15) is 9.59 Å². The van der Waals surface area contributed by atoms with Crippen LogP contribution < -0.4 is 11.1 Å². The number of nitrogens with two attached hydrogens (primary N) is 1. The molecule has 8 nitrogen and oxygen atoms in total. The lowest BCUT2D eigenvalue weighted by Gasteiger charge is -2.27. The molecule has 4 aromatic rings. The lowest BCUT2D eigenvalue weighted by Crippen LogP contribution is -2.31. The zero-order valence-corrected chi connectivity index (χ0v) is 24.2. The van der Waals surface area contributed by atoms with Crippen molar-refractivity contribution in [1.29, 1.82) is 0 Å². The van der Waals surface area contributed by atoms with Crippen molar-refractivity contribution in [1.82, 2.24) is 4.98 Å². The summed E-state index contributed by atoms with van der Waals surface area (Å²) in [4.78, 5) is 35.8. The van der Waals surface area contributed by atoms with Gasteiger partial charge in [-0.15, -0.1) is 5.11 Å². The number of benzene rings is 3. The van der Waals surface area contributed by atoms with Crippen molar-refractivity contribution in [3.8, 4) is 11.1 Å². The van der Waals surface area contributed by atoms with Crippen LogP contribution in [-0.2, 0) is 16.0 Å². The van der Waals surface area contributed by atoms with E-state index >= 15 is 0 Å². The number of carbonyl (C=O) groups is 2. The zero-order valence-electron chi connectivity index (χ0n) is 24.2. The molecule has 0 radical (unpaired) electrons. The van der Waals surface area contributed by atoms with Crippen LogP contribution in [0.1, 0.15) is 50.7 Å². The van der Waals surface area contributed by atoms with Gasteiger partial charge < -0.3 is 11.1 Å². The molecule has 0 spiro atoms. The second kappa shape index (κ2) is 14.3. The topological polar surface area (TPSA) is 122 Å². The molecule has 1 fully saturated rings. The van der Waals surface area contributed by atoms with Crippen LogP contribution >= 0.6 is 0 Å². The molecule has 44 heavy (non-hydrogen) atoms. The lowest BCUT2D eigenvalue weighted by atomic mass is 9.77.